The molecule has 0 saturated heterocycles. The van der Waals surface area contributed by atoms with E-state index < -0.39 is 0 Å². The van der Waals surface area contributed by atoms with Crippen molar-refractivity contribution in [2.24, 2.45) is 0 Å². The van der Waals surface area contributed by atoms with Crippen LogP contribution < -0.4 is 10.1 Å². The van der Waals surface area contributed by atoms with Crippen molar-refractivity contribution in [3.8, 4) is 5.75 Å². The molecular weight excluding hydrogens is 290 g/mol. The number of nitrogens with one attached hydrogen (secondary N) is 1. The normalized spacial score (nSPS) is 10.7. The Morgan fingerprint density at radius 2 is 2.04 bits per heavy atom. The molecule has 4 nitrogen and oxygen atoms in total. The Hall–Kier alpha value is -2.75. The summed E-state index contributed by atoms with van der Waals surface area (Å²) in [7, 11) is 1.60. The quantitative estimate of drug-likeness (QED) is 0.784. The van der Waals surface area contributed by atoms with Gasteiger partial charge in [0.05, 0.1) is 19.8 Å². The van der Waals surface area contributed by atoms with Crippen LogP contribution in [0.1, 0.15) is 16.7 Å². The van der Waals surface area contributed by atoms with Crippen molar-refractivity contribution in [1.29, 1.82) is 0 Å². The summed E-state index contributed by atoms with van der Waals surface area (Å²) in [6, 6.07) is 11.4. The smallest absolute Gasteiger partial charge is 0.228 e. The summed E-state index contributed by atoms with van der Waals surface area (Å²) in [6.07, 6.45) is 1.94. The number of carbonyl (C=O) groups is 1. The van der Waals surface area contributed by atoms with Crippen molar-refractivity contribution in [2.45, 2.75) is 20.3 Å². The molecule has 3 rings (SSSR count). The Labute approximate surface area is 135 Å². The molecule has 0 bridgehead atoms. The van der Waals surface area contributed by atoms with E-state index in [1.807, 2.05) is 38.1 Å². The lowest BCUT2D eigenvalue weighted by molar-refractivity contribution is -0.115. The zero-order valence-corrected chi connectivity index (χ0v) is 13.5. The molecule has 1 amide bonds. The summed E-state index contributed by atoms with van der Waals surface area (Å²) in [6.45, 7) is 4.07. The highest BCUT2D eigenvalue weighted by Gasteiger charge is 2.13. The van der Waals surface area contributed by atoms with Crippen LogP contribution in [0.15, 0.2) is 47.1 Å². The fourth-order valence-corrected chi connectivity index (χ4v) is 2.84. The number of ether oxygens (including phenoxy) is 1. The Morgan fingerprint density at radius 1 is 1.22 bits per heavy atom. The molecule has 2 aromatic carbocycles. The van der Waals surface area contributed by atoms with Crippen LogP contribution in [0.3, 0.4) is 0 Å². The number of carbonyl (C=O) groups excluding carboxylic acids is 1. The minimum atomic E-state index is -0.0825. The standard InChI is InChI=1S/C19H19NO3/c1-12-7-13(2)19-14(11-23-17(19)8-12)9-18(21)20-15-5-4-6-16(10-15)22-3/h4-8,10-11H,9H2,1-3H3,(H,20,21). The summed E-state index contributed by atoms with van der Waals surface area (Å²) >= 11 is 0. The van der Waals surface area contributed by atoms with Crippen LogP contribution in [0.2, 0.25) is 0 Å². The molecule has 0 atom stereocenters. The number of furan rings is 1. The van der Waals surface area contributed by atoms with Gasteiger partial charge in [-0.05, 0) is 43.2 Å². The Bertz CT molecular complexity index is 864. The van der Waals surface area contributed by atoms with Crippen molar-refractivity contribution in [2.75, 3.05) is 12.4 Å². The van der Waals surface area contributed by atoms with Crippen LogP contribution in [0.5, 0.6) is 5.75 Å². The average molecular weight is 309 g/mol. The van der Waals surface area contributed by atoms with Gasteiger partial charge in [-0.2, -0.15) is 0 Å². The second kappa shape index (κ2) is 6.16. The zero-order chi connectivity index (χ0) is 16.4. The molecule has 1 N–H and O–H groups in total. The molecular formula is C19H19NO3. The van der Waals surface area contributed by atoms with E-state index in [0.717, 1.165) is 33.3 Å². The van der Waals surface area contributed by atoms with Crippen LogP contribution in [0, 0.1) is 13.8 Å². The van der Waals surface area contributed by atoms with Gasteiger partial charge in [0.2, 0.25) is 5.91 Å². The fourth-order valence-electron chi connectivity index (χ4n) is 2.84. The number of fused-ring (bicyclic) bond motifs is 1. The molecule has 0 radical (unpaired) electrons. The number of hydrogen-bond acceptors (Lipinski definition) is 3. The van der Waals surface area contributed by atoms with E-state index in [-0.39, 0.29) is 12.3 Å². The first kappa shape index (κ1) is 15.2. The van der Waals surface area contributed by atoms with Gasteiger partial charge < -0.3 is 14.5 Å². The molecule has 4 heteroatoms. The number of amides is 1. The maximum atomic E-state index is 12.3. The van der Waals surface area contributed by atoms with Crippen LogP contribution in [-0.4, -0.2) is 13.0 Å². The highest BCUT2D eigenvalue weighted by Crippen LogP contribution is 2.27. The third kappa shape index (κ3) is 3.21. The summed E-state index contributed by atoms with van der Waals surface area (Å²) < 4.78 is 10.8. The number of rotatable bonds is 4. The topological polar surface area (TPSA) is 51.5 Å². The van der Waals surface area contributed by atoms with E-state index >= 15 is 0 Å². The predicted molar refractivity (Wildman–Crippen MR) is 91.0 cm³/mol. The van der Waals surface area contributed by atoms with Crippen LogP contribution in [0.25, 0.3) is 11.0 Å². The fraction of sp³-hybridized carbons (Fsp3) is 0.211. The van der Waals surface area contributed by atoms with E-state index in [1.165, 1.54) is 0 Å². The Morgan fingerprint density at radius 3 is 2.83 bits per heavy atom. The maximum Gasteiger partial charge on any atom is 0.228 e. The summed E-state index contributed by atoms with van der Waals surface area (Å²) in [4.78, 5) is 12.3. The molecule has 0 unspecified atom stereocenters. The van der Waals surface area contributed by atoms with Gasteiger partial charge in [-0.1, -0.05) is 12.1 Å². The third-order valence-corrected chi connectivity index (χ3v) is 3.80. The summed E-state index contributed by atoms with van der Waals surface area (Å²) in [5.74, 6) is 0.629. The SMILES string of the molecule is COc1cccc(NC(=O)Cc2coc3cc(C)cc(C)c23)c1. The molecule has 0 fully saturated rings. The maximum absolute atomic E-state index is 12.3. The number of benzene rings is 2. The molecule has 0 aliphatic heterocycles. The van der Waals surface area contributed by atoms with E-state index in [0.29, 0.717) is 5.75 Å². The van der Waals surface area contributed by atoms with Crippen LogP contribution >= 0.6 is 0 Å². The monoisotopic (exact) mass is 309 g/mol. The van der Waals surface area contributed by atoms with Gasteiger partial charge in [0.25, 0.3) is 0 Å². The number of methoxy groups -OCH3 is 1. The molecule has 1 aromatic heterocycles. The Balaban J connectivity index is 1.80. The average Bonchev–Trinajstić information content (AvgIpc) is 2.90. The lowest BCUT2D eigenvalue weighted by Crippen LogP contribution is -2.14. The second-order valence-corrected chi connectivity index (χ2v) is 5.67. The van der Waals surface area contributed by atoms with Crippen molar-refractivity contribution < 1.29 is 13.9 Å². The van der Waals surface area contributed by atoms with E-state index in [4.69, 9.17) is 9.15 Å². The molecule has 0 saturated carbocycles. The van der Waals surface area contributed by atoms with E-state index in [9.17, 15) is 4.79 Å². The minimum absolute atomic E-state index is 0.0825. The first-order chi connectivity index (χ1) is 11.1. The third-order valence-electron chi connectivity index (χ3n) is 3.80. The van der Waals surface area contributed by atoms with Crippen molar-refractivity contribution in [3.05, 3.63) is 59.4 Å². The molecule has 1 heterocycles. The largest absolute Gasteiger partial charge is 0.497 e. The first-order valence-corrected chi connectivity index (χ1v) is 7.48. The molecule has 0 spiro atoms. The number of anilines is 1. The van der Waals surface area contributed by atoms with E-state index in [2.05, 4.69) is 11.4 Å². The molecule has 118 valence electrons. The van der Waals surface area contributed by atoms with Crippen molar-refractivity contribution in [3.63, 3.8) is 0 Å². The lowest BCUT2D eigenvalue weighted by Gasteiger charge is -2.07. The van der Waals surface area contributed by atoms with Gasteiger partial charge in [-0.25, -0.2) is 0 Å². The van der Waals surface area contributed by atoms with Gasteiger partial charge in [0.15, 0.2) is 0 Å². The van der Waals surface area contributed by atoms with Gasteiger partial charge in [-0.15, -0.1) is 0 Å². The first-order valence-electron chi connectivity index (χ1n) is 7.48. The minimum Gasteiger partial charge on any atom is -0.497 e. The molecule has 0 aliphatic rings. The number of aryl methyl sites for hydroxylation is 2. The van der Waals surface area contributed by atoms with Crippen LogP contribution in [-0.2, 0) is 11.2 Å². The molecule has 0 aliphatic carbocycles. The zero-order valence-electron chi connectivity index (χ0n) is 13.5. The molecule has 23 heavy (non-hydrogen) atoms. The Kier molecular flexibility index (Phi) is 4.06. The van der Waals surface area contributed by atoms with Crippen molar-refractivity contribution in [1.82, 2.24) is 0 Å². The lowest BCUT2D eigenvalue weighted by atomic mass is 10.0. The van der Waals surface area contributed by atoms with Crippen molar-refractivity contribution >= 4 is 22.6 Å². The van der Waals surface area contributed by atoms with Gasteiger partial charge in [-0.3, -0.25) is 4.79 Å². The predicted octanol–water partition coefficient (Wildman–Crippen LogP) is 4.24. The molecule has 3 aromatic rings. The number of hydrogen-bond donors (Lipinski definition) is 1. The van der Waals surface area contributed by atoms with Gasteiger partial charge in [0.1, 0.15) is 11.3 Å². The van der Waals surface area contributed by atoms with E-state index in [1.54, 1.807) is 19.4 Å². The summed E-state index contributed by atoms with van der Waals surface area (Å²) in [5.41, 5.74) is 4.72. The highest BCUT2D eigenvalue weighted by atomic mass is 16.5. The highest BCUT2D eigenvalue weighted by molar-refractivity contribution is 5.96. The second-order valence-electron chi connectivity index (χ2n) is 5.67. The van der Waals surface area contributed by atoms with Gasteiger partial charge in [0, 0.05) is 22.7 Å². The van der Waals surface area contributed by atoms with Gasteiger partial charge >= 0.3 is 0 Å². The summed E-state index contributed by atoms with van der Waals surface area (Å²) in [5, 5.41) is 3.91. The van der Waals surface area contributed by atoms with Crippen LogP contribution in [0.4, 0.5) is 5.69 Å².